The molecule has 2 aromatic rings. The van der Waals surface area contributed by atoms with E-state index in [0.29, 0.717) is 10.6 Å². The molecule has 1 fully saturated rings. The Morgan fingerprint density at radius 1 is 1.35 bits per heavy atom. The molecular weight excluding hydrogens is 280 g/mol. The monoisotopic (exact) mass is 292 g/mol. The third kappa shape index (κ3) is 1.97. The number of fused-ring (bicyclic) bond motifs is 1. The maximum atomic E-state index is 9.59. The average molecular weight is 293 g/mol. The van der Waals surface area contributed by atoms with E-state index in [2.05, 4.69) is 25.8 Å². The molecule has 1 atom stereocenters. The van der Waals surface area contributed by atoms with Crippen molar-refractivity contribution in [2.75, 3.05) is 18.0 Å². The molecule has 1 saturated heterocycles. The summed E-state index contributed by atoms with van der Waals surface area (Å²) in [7, 11) is 0. The molecule has 1 aromatic carbocycles. The van der Waals surface area contributed by atoms with Gasteiger partial charge in [-0.05, 0) is 30.0 Å². The lowest BCUT2D eigenvalue weighted by atomic mass is 10.1. The van der Waals surface area contributed by atoms with Crippen molar-refractivity contribution in [1.29, 1.82) is 0 Å². The zero-order chi connectivity index (χ0) is 11.8. The minimum Gasteiger partial charge on any atom is -0.508 e. The van der Waals surface area contributed by atoms with E-state index < -0.39 is 0 Å². The number of phenols is 1. The smallest absolute Gasteiger partial charge is 0.136 e. The van der Waals surface area contributed by atoms with Crippen LogP contribution in [0.25, 0.3) is 10.8 Å². The highest BCUT2D eigenvalue weighted by atomic mass is 79.9. The number of hydrogen-bond acceptors (Lipinski definition) is 3. The number of aromatic nitrogens is 1. The Balaban J connectivity index is 2.12. The molecule has 4 heteroatoms. The number of phenolic OH excluding ortho intramolecular Hbond substituents is 1. The normalized spacial score (nSPS) is 20.1. The van der Waals surface area contributed by atoms with E-state index in [0.717, 1.165) is 36.1 Å². The van der Waals surface area contributed by atoms with Crippen molar-refractivity contribution in [2.24, 2.45) is 0 Å². The number of halogens is 1. The molecule has 3 nitrogen and oxygen atoms in total. The van der Waals surface area contributed by atoms with Gasteiger partial charge >= 0.3 is 0 Å². The Morgan fingerprint density at radius 3 is 3.00 bits per heavy atom. The van der Waals surface area contributed by atoms with Gasteiger partial charge < -0.3 is 10.0 Å². The Labute approximate surface area is 108 Å². The summed E-state index contributed by atoms with van der Waals surface area (Å²) in [5, 5.41) is 11.7. The van der Waals surface area contributed by atoms with Crippen LogP contribution >= 0.6 is 15.9 Å². The topological polar surface area (TPSA) is 36.4 Å². The Morgan fingerprint density at radius 2 is 2.24 bits per heavy atom. The molecule has 0 aliphatic carbocycles. The maximum absolute atomic E-state index is 9.59. The van der Waals surface area contributed by atoms with E-state index in [-0.39, 0.29) is 0 Å². The molecule has 3 rings (SSSR count). The van der Waals surface area contributed by atoms with Crippen molar-refractivity contribution in [3.05, 3.63) is 30.5 Å². The molecule has 0 amide bonds. The first kappa shape index (κ1) is 10.8. The minimum absolute atomic E-state index is 0.293. The first-order chi connectivity index (χ1) is 8.24. The van der Waals surface area contributed by atoms with Gasteiger partial charge in [0.05, 0.1) is 0 Å². The molecule has 1 unspecified atom stereocenters. The van der Waals surface area contributed by atoms with E-state index in [9.17, 15) is 5.11 Å². The number of anilines is 1. The number of rotatable bonds is 1. The SMILES string of the molecule is Oc1ccc2ccnc(N3CCC(Br)C3)c2c1. The zero-order valence-corrected chi connectivity index (χ0v) is 10.9. The summed E-state index contributed by atoms with van der Waals surface area (Å²) in [6.45, 7) is 1.99. The van der Waals surface area contributed by atoms with Crippen LogP contribution in [0.1, 0.15) is 6.42 Å². The Kier molecular flexibility index (Phi) is 2.67. The minimum atomic E-state index is 0.293. The highest BCUT2D eigenvalue weighted by Crippen LogP contribution is 2.30. The van der Waals surface area contributed by atoms with Gasteiger partial charge in [0, 0.05) is 29.5 Å². The molecule has 17 heavy (non-hydrogen) atoms. The van der Waals surface area contributed by atoms with Crippen LogP contribution in [-0.2, 0) is 0 Å². The van der Waals surface area contributed by atoms with Crippen molar-refractivity contribution in [3.8, 4) is 5.75 Å². The first-order valence-corrected chi connectivity index (χ1v) is 6.62. The van der Waals surface area contributed by atoms with Crippen LogP contribution < -0.4 is 4.90 Å². The van der Waals surface area contributed by atoms with Gasteiger partial charge in [-0.1, -0.05) is 22.0 Å². The molecule has 0 spiro atoms. The molecule has 1 aromatic heterocycles. The highest BCUT2D eigenvalue weighted by Gasteiger charge is 2.22. The number of pyridine rings is 1. The number of aromatic hydroxyl groups is 1. The second-order valence-corrected chi connectivity index (χ2v) is 5.67. The van der Waals surface area contributed by atoms with Crippen LogP contribution in [0.3, 0.4) is 0 Å². The van der Waals surface area contributed by atoms with Crippen LogP contribution in [0.5, 0.6) is 5.75 Å². The van der Waals surface area contributed by atoms with Gasteiger partial charge in [-0.15, -0.1) is 0 Å². The van der Waals surface area contributed by atoms with Crippen molar-refractivity contribution in [1.82, 2.24) is 4.98 Å². The highest BCUT2D eigenvalue weighted by molar-refractivity contribution is 9.09. The van der Waals surface area contributed by atoms with E-state index in [4.69, 9.17) is 0 Å². The first-order valence-electron chi connectivity index (χ1n) is 5.71. The van der Waals surface area contributed by atoms with Gasteiger partial charge in [0.1, 0.15) is 11.6 Å². The van der Waals surface area contributed by atoms with Crippen molar-refractivity contribution < 1.29 is 5.11 Å². The Hall–Kier alpha value is -1.29. The van der Waals surface area contributed by atoms with E-state index in [1.807, 2.05) is 18.3 Å². The summed E-state index contributed by atoms with van der Waals surface area (Å²) in [5.74, 6) is 1.27. The fourth-order valence-corrected chi connectivity index (χ4v) is 2.86. The molecule has 0 radical (unpaired) electrons. The molecule has 1 aliphatic rings. The van der Waals surface area contributed by atoms with Gasteiger partial charge in [-0.3, -0.25) is 0 Å². The second-order valence-electron chi connectivity index (χ2n) is 4.37. The number of benzene rings is 1. The summed E-state index contributed by atoms with van der Waals surface area (Å²) in [6, 6.07) is 7.40. The lowest BCUT2D eigenvalue weighted by Gasteiger charge is -2.18. The standard InChI is InChI=1S/C13H13BrN2O/c14-10-4-6-16(8-10)13-12-7-11(17)2-1-9(12)3-5-15-13/h1-3,5,7,10,17H,4,6,8H2. The summed E-state index contributed by atoms with van der Waals surface area (Å²) >= 11 is 3.64. The lowest BCUT2D eigenvalue weighted by molar-refractivity contribution is 0.476. The van der Waals surface area contributed by atoms with Gasteiger partial charge in [0.25, 0.3) is 0 Å². The zero-order valence-electron chi connectivity index (χ0n) is 9.31. The predicted octanol–water partition coefficient (Wildman–Crippen LogP) is 2.91. The summed E-state index contributed by atoms with van der Waals surface area (Å²) in [6.07, 6.45) is 2.97. The van der Waals surface area contributed by atoms with Crippen molar-refractivity contribution in [3.63, 3.8) is 0 Å². The number of nitrogens with zero attached hydrogens (tertiary/aromatic N) is 2. The number of alkyl halides is 1. The molecule has 1 N–H and O–H groups in total. The van der Waals surface area contributed by atoms with Crippen molar-refractivity contribution in [2.45, 2.75) is 11.2 Å². The quantitative estimate of drug-likeness (QED) is 0.821. The predicted molar refractivity (Wildman–Crippen MR) is 73.0 cm³/mol. The molecule has 1 aliphatic heterocycles. The van der Waals surface area contributed by atoms with Gasteiger partial charge in [-0.2, -0.15) is 0 Å². The number of hydrogen-bond donors (Lipinski definition) is 1. The van der Waals surface area contributed by atoms with E-state index >= 15 is 0 Å². The molecule has 0 bridgehead atoms. The molecule has 0 saturated carbocycles. The lowest BCUT2D eigenvalue weighted by Crippen LogP contribution is -2.20. The fourth-order valence-electron chi connectivity index (χ4n) is 2.30. The van der Waals surface area contributed by atoms with Crippen LogP contribution in [0.2, 0.25) is 0 Å². The van der Waals surface area contributed by atoms with Crippen LogP contribution in [0.15, 0.2) is 30.5 Å². The van der Waals surface area contributed by atoms with Crippen LogP contribution in [0.4, 0.5) is 5.82 Å². The largest absolute Gasteiger partial charge is 0.508 e. The third-order valence-electron chi connectivity index (χ3n) is 3.16. The van der Waals surface area contributed by atoms with Gasteiger partial charge in [0.15, 0.2) is 0 Å². The molecular formula is C13H13BrN2O. The van der Waals surface area contributed by atoms with Crippen LogP contribution in [0, 0.1) is 0 Å². The fraction of sp³-hybridized carbons (Fsp3) is 0.308. The molecule has 2 heterocycles. The Bertz CT molecular complexity index is 558. The summed E-state index contributed by atoms with van der Waals surface area (Å²) in [5.41, 5.74) is 0. The molecule has 88 valence electrons. The summed E-state index contributed by atoms with van der Waals surface area (Å²) in [4.78, 5) is 7.26. The van der Waals surface area contributed by atoms with Crippen LogP contribution in [-0.4, -0.2) is 28.0 Å². The van der Waals surface area contributed by atoms with Crippen molar-refractivity contribution >= 4 is 32.5 Å². The van der Waals surface area contributed by atoms with E-state index in [1.165, 1.54) is 0 Å². The maximum Gasteiger partial charge on any atom is 0.136 e. The van der Waals surface area contributed by atoms with Gasteiger partial charge in [-0.25, -0.2) is 4.98 Å². The average Bonchev–Trinajstić information content (AvgIpc) is 2.75. The van der Waals surface area contributed by atoms with Gasteiger partial charge in [0.2, 0.25) is 0 Å². The third-order valence-corrected chi connectivity index (χ3v) is 3.91. The summed E-state index contributed by atoms with van der Waals surface area (Å²) < 4.78 is 0. The second kappa shape index (κ2) is 4.18. The van der Waals surface area contributed by atoms with E-state index in [1.54, 1.807) is 12.1 Å².